The molecule has 1 aromatic carbocycles. The van der Waals surface area contributed by atoms with Crippen LogP contribution in [0, 0.1) is 0 Å². The summed E-state index contributed by atoms with van der Waals surface area (Å²) in [6, 6.07) is 6.29. The van der Waals surface area contributed by atoms with E-state index in [0.29, 0.717) is 29.6 Å². The quantitative estimate of drug-likeness (QED) is 0.325. The minimum absolute atomic E-state index is 0.0773. The largest absolute Gasteiger partial charge is 0.508 e. The van der Waals surface area contributed by atoms with Crippen LogP contribution in [-0.2, 0) is 22.6 Å². The molecule has 3 aromatic rings. The number of phenols is 1. The van der Waals surface area contributed by atoms with E-state index in [2.05, 4.69) is 20.2 Å². The van der Waals surface area contributed by atoms with E-state index in [1.807, 2.05) is 11.0 Å². The molecule has 5 heterocycles. The molecule has 3 N–H and O–H groups in total. The Morgan fingerprint density at radius 1 is 1.15 bits per heavy atom. The molecule has 2 saturated heterocycles. The van der Waals surface area contributed by atoms with Crippen molar-refractivity contribution in [1.29, 1.82) is 0 Å². The third kappa shape index (κ3) is 6.57. The summed E-state index contributed by atoms with van der Waals surface area (Å²) in [5, 5.41) is 21.7. The number of hydrogen-bond acceptors (Lipinski definition) is 8. The smallest absolute Gasteiger partial charge is 0.490 e. The van der Waals surface area contributed by atoms with Crippen molar-refractivity contribution >= 4 is 56.5 Å². The van der Waals surface area contributed by atoms with Crippen molar-refractivity contribution in [2.45, 2.75) is 56.9 Å². The Kier molecular flexibility index (Phi) is 8.39. The fourth-order valence-electron chi connectivity index (χ4n) is 5.69. The lowest BCUT2D eigenvalue weighted by Crippen LogP contribution is -2.34. The molecular formula is C27H27ClF3N5O4S. The Hall–Kier alpha value is -3.42. The molecule has 9 nitrogen and oxygen atoms in total. The first-order chi connectivity index (χ1) is 19.5. The molecule has 2 bridgehead atoms. The van der Waals surface area contributed by atoms with Crippen LogP contribution in [0.4, 0.5) is 24.7 Å². The fraction of sp³-hybridized carbons (Fsp3) is 0.407. The number of aromatic nitrogens is 2. The van der Waals surface area contributed by atoms with Gasteiger partial charge in [-0.05, 0) is 49.8 Å². The molecule has 3 aliphatic heterocycles. The van der Waals surface area contributed by atoms with Crippen molar-refractivity contribution < 1.29 is 33.0 Å². The van der Waals surface area contributed by atoms with Gasteiger partial charge in [0.25, 0.3) is 0 Å². The second-order valence-electron chi connectivity index (χ2n) is 10.1. The van der Waals surface area contributed by atoms with Crippen LogP contribution in [0.1, 0.15) is 36.1 Å². The summed E-state index contributed by atoms with van der Waals surface area (Å²) in [7, 11) is 0. The first-order valence-corrected chi connectivity index (χ1v) is 14.2. The van der Waals surface area contributed by atoms with Crippen LogP contribution in [-0.4, -0.2) is 73.2 Å². The van der Waals surface area contributed by atoms with Crippen molar-refractivity contribution in [3.05, 3.63) is 52.1 Å². The molecule has 0 saturated carbocycles. The van der Waals surface area contributed by atoms with Crippen LogP contribution >= 0.6 is 22.9 Å². The van der Waals surface area contributed by atoms with Gasteiger partial charge in [0.15, 0.2) is 0 Å². The Bertz CT molecular complexity index is 1460. The predicted molar refractivity (Wildman–Crippen MR) is 149 cm³/mol. The maximum atomic E-state index is 12.9. The third-order valence-electron chi connectivity index (χ3n) is 7.52. The molecule has 0 radical (unpaired) electrons. The summed E-state index contributed by atoms with van der Waals surface area (Å²) in [6.07, 6.45) is 6.26. The van der Waals surface area contributed by atoms with Crippen LogP contribution in [0.2, 0.25) is 5.02 Å². The molecule has 6 rings (SSSR count). The maximum Gasteiger partial charge on any atom is 0.490 e. The first kappa shape index (κ1) is 29.1. The molecule has 14 heteroatoms. The molecule has 1 amide bonds. The number of halogens is 4. The average molecular weight is 610 g/mol. The number of aliphatic carboxylic acids is 1. The van der Waals surface area contributed by atoms with E-state index < -0.39 is 12.1 Å². The van der Waals surface area contributed by atoms with Crippen molar-refractivity contribution in [3.63, 3.8) is 0 Å². The van der Waals surface area contributed by atoms with Crippen LogP contribution in [0.3, 0.4) is 0 Å². The minimum Gasteiger partial charge on any atom is -0.508 e. The topological polar surface area (TPSA) is 119 Å². The van der Waals surface area contributed by atoms with Gasteiger partial charge in [0, 0.05) is 52.9 Å². The molecule has 218 valence electrons. The number of thiophene rings is 1. The monoisotopic (exact) mass is 609 g/mol. The van der Waals surface area contributed by atoms with E-state index in [1.165, 1.54) is 43.6 Å². The average Bonchev–Trinajstić information content (AvgIpc) is 3.60. The molecule has 2 aromatic heterocycles. The maximum absolute atomic E-state index is 12.9. The van der Waals surface area contributed by atoms with Crippen LogP contribution in [0.5, 0.6) is 5.75 Å². The van der Waals surface area contributed by atoms with Crippen LogP contribution < -0.4 is 5.32 Å². The van der Waals surface area contributed by atoms with E-state index in [9.17, 15) is 23.1 Å². The van der Waals surface area contributed by atoms with Gasteiger partial charge in [-0.25, -0.2) is 14.8 Å². The Morgan fingerprint density at radius 3 is 2.46 bits per heavy atom. The number of amides is 1. The zero-order chi connectivity index (χ0) is 29.3. The summed E-state index contributed by atoms with van der Waals surface area (Å²) in [6.45, 7) is 2.14. The second kappa shape index (κ2) is 11.8. The van der Waals surface area contributed by atoms with Gasteiger partial charge in [-0.3, -0.25) is 9.69 Å². The Morgan fingerprint density at radius 2 is 1.83 bits per heavy atom. The number of anilines is 2. The van der Waals surface area contributed by atoms with Crippen LogP contribution in [0.25, 0.3) is 10.2 Å². The summed E-state index contributed by atoms with van der Waals surface area (Å²) in [5.41, 5.74) is 1.85. The number of hydrogen-bond donors (Lipinski definition) is 3. The van der Waals surface area contributed by atoms with Gasteiger partial charge in [-0.15, -0.1) is 11.3 Å². The molecule has 41 heavy (non-hydrogen) atoms. The van der Waals surface area contributed by atoms with Gasteiger partial charge in [-0.2, -0.15) is 13.2 Å². The number of phenolic OH excluding ortho intramolecular Hbond substituents is 1. The molecular weight excluding hydrogens is 583 g/mol. The number of nitrogens with zero attached hydrogens (tertiary/aromatic N) is 4. The lowest BCUT2D eigenvalue weighted by atomic mass is 10.0. The van der Waals surface area contributed by atoms with Crippen molar-refractivity contribution in [2.24, 2.45) is 0 Å². The zero-order valence-corrected chi connectivity index (χ0v) is 23.3. The number of aromatic hydroxyl groups is 1. The molecule has 0 unspecified atom stereocenters. The Balaban J connectivity index is 0.000000431. The van der Waals surface area contributed by atoms with Gasteiger partial charge in [0.1, 0.15) is 22.7 Å². The Labute approximate surface area is 242 Å². The van der Waals surface area contributed by atoms with Gasteiger partial charge < -0.3 is 20.4 Å². The van der Waals surface area contributed by atoms with Gasteiger partial charge in [-0.1, -0.05) is 17.7 Å². The molecule has 0 atom stereocenters. The van der Waals surface area contributed by atoms with Crippen molar-refractivity contribution in [3.8, 4) is 5.75 Å². The number of benzene rings is 1. The normalized spacial score (nSPS) is 20.2. The highest BCUT2D eigenvalue weighted by atomic mass is 35.5. The zero-order valence-electron chi connectivity index (χ0n) is 21.7. The lowest BCUT2D eigenvalue weighted by molar-refractivity contribution is -0.192. The summed E-state index contributed by atoms with van der Waals surface area (Å²) < 4.78 is 31.7. The summed E-state index contributed by atoms with van der Waals surface area (Å²) in [5.74, 6) is -1.91. The fourth-order valence-corrected chi connectivity index (χ4v) is 7.12. The standard InChI is InChI=1S/C25H26ClN5O2S.C2HF3O2/c26-15-10-16(12-19(32)11-15)29-24-23-20-7-9-30(13-21(20)34-25(23)28-14-27-24)22(33)2-1-8-31-17-3-4-18(31)6-5-17;3-2(4,5)1(6)7/h1-2,10-12,14,17-18,32H,3-9,13H2,(H,27,28,29);(H,6,7)/b2-1+;. The number of carbonyl (C=O) groups excluding carboxylic acids is 1. The van der Waals surface area contributed by atoms with Gasteiger partial charge in [0.2, 0.25) is 5.91 Å². The molecule has 0 aliphatic carbocycles. The minimum atomic E-state index is -5.08. The number of alkyl halides is 3. The number of nitrogens with one attached hydrogen (secondary N) is 1. The van der Waals surface area contributed by atoms with Gasteiger partial charge in [0.05, 0.1) is 11.9 Å². The highest BCUT2D eigenvalue weighted by molar-refractivity contribution is 7.19. The summed E-state index contributed by atoms with van der Waals surface area (Å²) in [4.78, 5) is 37.3. The van der Waals surface area contributed by atoms with E-state index in [4.69, 9.17) is 21.5 Å². The number of fused-ring (bicyclic) bond motifs is 5. The van der Waals surface area contributed by atoms with E-state index in [1.54, 1.807) is 29.5 Å². The highest BCUT2D eigenvalue weighted by Crippen LogP contribution is 2.39. The molecule has 3 aliphatic rings. The van der Waals surface area contributed by atoms with E-state index in [0.717, 1.165) is 40.1 Å². The third-order valence-corrected chi connectivity index (χ3v) is 8.86. The number of carbonyl (C=O) groups is 2. The molecule has 2 fully saturated rings. The highest BCUT2D eigenvalue weighted by Gasteiger charge is 2.39. The van der Waals surface area contributed by atoms with Crippen molar-refractivity contribution in [2.75, 3.05) is 18.4 Å². The first-order valence-electron chi connectivity index (χ1n) is 13.0. The second-order valence-corrected chi connectivity index (χ2v) is 11.6. The SMILES string of the molecule is O=C(/C=C/CN1C2CCC1CC2)N1CCc2c(sc3ncnc(Nc4cc(O)cc(Cl)c4)c23)C1.O=C(O)C(F)(F)F. The van der Waals surface area contributed by atoms with Crippen molar-refractivity contribution in [1.82, 2.24) is 19.8 Å². The lowest BCUT2D eigenvalue weighted by Gasteiger charge is -2.26. The van der Waals surface area contributed by atoms with Crippen LogP contribution in [0.15, 0.2) is 36.7 Å². The van der Waals surface area contributed by atoms with E-state index >= 15 is 0 Å². The van der Waals surface area contributed by atoms with Gasteiger partial charge >= 0.3 is 12.1 Å². The van der Waals surface area contributed by atoms with E-state index in [-0.39, 0.29) is 11.7 Å². The predicted octanol–water partition coefficient (Wildman–Crippen LogP) is 5.49. The summed E-state index contributed by atoms with van der Waals surface area (Å²) >= 11 is 7.70. The molecule has 0 spiro atoms. The number of carboxylic acids is 1. The number of carboxylic acid groups (broad SMARTS) is 1. The number of rotatable bonds is 5.